The van der Waals surface area contributed by atoms with Crippen LogP contribution < -0.4 is 5.73 Å². The van der Waals surface area contributed by atoms with Crippen LogP contribution in [-0.2, 0) is 0 Å². The van der Waals surface area contributed by atoms with Crippen LogP contribution in [0.1, 0.15) is 32.6 Å². The Kier molecular flexibility index (Phi) is 4.11. The molecule has 2 fully saturated rings. The molecule has 1 aliphatic heterocycles. The van der Waals surface area contributed by atoms with Crippen LogP contribution in [0.4, 0.5) is 0 Å². The SMILES string of the molecule is CC1CCCC1(CN)N(C)CC1CCN(C)C1. The average Bonchev–Trinajstić information content (AvgIpc) is 2.86. The molecule has 3 atom stereocenters. The second-order valence-electron chi connectivity index (χ2n) is 6.40. The first-order valence-electron chi connectivity index (χ1n) is 7.18. The molecule has 3 nitrogen and oxygen atoms in total. The molecule has 1 saturated heterocycles. The van der Waals surface area contributed by atoms with Crippen LogP contribution in [0.25, 0.3) is 0 Å². The number of likely N-dealkylation sites (N-methyl/N-ethyl adjacent to an activating group) is 1. The van der Waals surface area contributed by atoms with E-state index in [0.29, 0.717) is 5.54 Å². The van der Waals surface area contributed by atoms with Crippen LogP contribution in [-0.4, -0.2) is 55.6 Å². The molecular weight excluding hydrogens is 210 g/mol. The summed E-state index contributed by atoms with van der Waals surface area (Å²) in [7, 11) is 4.53. The zero-order valence-electron chi connectivity index (χ0n) is 11.8. The van der Waals surface area contributed by atoms with Gasteiger partial charge < -0.3 is 10.6 Å². The molecule has 2 rings (SSSR count). The highest BCUT2D eigenvalue weighted by molar-refractivity contribution is 4.99. The van der Waals surface area contributed by atoms with Gasteiger partial charge in [-0.2, -0.15) is 0 Å². The Morgan fingerprint density at radius 3 is 2.65 bits per heavy atom. The number of nitrogens with two attached hydrogens (primary N) is 1. The number of hydrogen-bond donors (Lipinski definition) is 1. The highest BCUT2D eigenvalue weighted by Crippen LogP contribution is 2.39. The van der Waals surface area contributed by atoms with Gasteiger partial charge in [-0.05, 0) is 51.7 Å². The molecule has 0 radical (unpaired) electrons. The Hall–Kier alpha value is -0.120. The molecule has 3 unspecified atom stereocenters. The van der Waals surface area contributed by atoms with Crippen LogP contribution in [0.15, 0.2) is 0 Å². The summed E-state index contributed by atoms with van der Waals surface area (Å²) in [4.78, 5) is 5.04. The molecule has 0 spiro atoms. The van der Waals surface area contributed by atoms with Gasteiger partial charge in [0, 0.05) is 25.2 Å². The normalized spacial score (nSPS) is 39.4. The molecule has 1 saturated carbocycles. The third-order valence-corrected chi connectivity index (χ3v) is 5.30. The molecule has 2 N–H and O–H groups in total. The maximum Gasteiger partial charge on any atom is 0.0354 e. The Morgan fingerprint density at radius 2 is 2.18 bits per heavy atom. The second-order valence-corrected chi connectivity index (χ2v) is 6.40. The van der Waals surface area contributed by atoms with Crippen molar-refractivity contribution >= 4 is 0 Å². The van der Waals surface area contributed by atoms with Crippen LogP contribution in [0.3, 0.4) is 0 Å². The minimum absolute atomic E-state index is 0.293. The Morgan fingerprint density at radius 1 is 1.41 bits per heavy atom. The van der Waals surface area contributed by atoms with Gasteiger partial charge in [-0.3, -0.25) is 4.90 Å². The summed E-state index contributed by atoms with van der Waals surface area (Å²) in [6.07, 6.45) is 5.36. The van der Waals surface area contributed by atoms with Gasteiger partial charge in [0.1, 0.15) is 0 Å². The summed E-state index contributed by atoms with van der Waals surface area (Å²) in [5, 5.41) is 0. The van der Waals surface area contributed by atoms with Gasteiger partial charge >= 0.3 is 0 Å². The molecule has 0 aromatic heterocycles. The second kappa shape index (κ2) is 5.25. The summed E-state index contributed by atoms with van der Waals surface area (Å²) < 4.78 is 0. The van der Waals surface area contributed by atoms with Crippen molar-refractivity contribution in [3.05, 3.63) is 0 Å². The van der Waals surface area contributed by atoms with Crippen molar-refractivity contribution in [1.29, 1.82) is 0 Å². The first kappa shape index (κ1) is 13.3. The maximum absolute atomic E-state index is 6.11. The highest BCUT2D eigenvalue weighted by Gasteiger charge is 2.43. The van der Waals surface area contributed by atoms with E-state index in [4.69, 9.17) is 5.73 Å². The van der Waals surface area contributed by atoms with Crippen molar-refractivity contribution in [2.75, 3.05) is 40.3 Å². The van der Waals surface area contributed by atoms with Crippen LogP contribution in [0.2, 0.25) is 0 Å². The molecule has 1 aliphatic carbocycles. The molecule has 1 heterocycles. The molecule has 0 amide bonds. The molecule has 0 bridgehead atoms. The topological polar surface area (TPSA) is 32.5 Å². The van der Waals surface area contributed by atoms with Crippen LogP contribution in [0.5, 0.6) is 0 Å². The average molecular weight is 239 g/mol. The minimum Gasteiger partial charge on any atom is -0.329 e. The first-order valence-corrected chi connectivity index (χ1v) is 7.18. The van der Waals surface area contributed by atoms with Crippen molar-refractivity contribution in [3.63, 3.8) is 0 Å². The molecule has 17 heavy (non-hydrogen) atoms. The van der Waals surface area contributed by atoms with E-state index in [0.717, 1.165) is 18.4 Å². The summed E-state index contributed by atoms with van der Waals surface area (Å²) >= 11 is 0. The van der Waals surface area contributed by atoms with Crippen molar-refractivity contribution < 1.29 is 0 Å². The monoisotopic (exact) mass is 239 g/mol. The number of hydrogen-bond acceptors (Lipinski definition) is 3. The Labute approximate surface area is 106 Å². The smallest absolute Gasteiger partial charge is 0.0354 e. The van der Waals surface area contributed by atoms with E-state index < -0.39 is 0 Å². The largest absolute Gasteiger partial charge is 0.329 e. The zero-order chi connectivity index (χ0) is 12.5. The molecule has 0 aromatic rings. The summed E-state index contributed by atoms with van der Waals surface area (Å²) in [5.74, 6) is 1.61. The lowest BCUT2D eigenvalue weighted by Gasteiger charge is -2.43. The zero-order valence-corrected chi connectivity index (χ0v) is 11.8. The van der Waals surface area contributed by atoms with Gasteiger partial charge in [-0.1, -0.05) is 13.3 Å². The number of nitrogens with zero attached hydrogens (tertiary/aromatic N) is 2. The lowest BCUT2D eigenvalue weighted by atomic mass is 9.86. The minimum atomic E-state index is 0.293. The number of likely N-dealkylation sites (tertiary alicyclic amines) is 1. The van der Waals surface area contributed by atoms with Gasteiger partial charge in [0.25, 0.3) is 0 Å². The van der Waals surface area contributed by atoms with Crippen LogP contribution >= 0.6 is 0 Å². The van der Waals surface area contributed by atoms with E-state index in [2.05, 4.69) is 30.8 Å². The summed E-state index contributed by atoms with van der Waals surface area (Å²) in [6, 6.07) is 0. The molecule has 0 aromatic carbocycles. The molecule has 3 heteroatoms. The Bertz CT molecular complexity index is 256. The van der Waals surface area contributed by atoms with Crippen molar-refractivity contribution in [2.45, 2.75) is 38.1 Å². The van der Waals surface area contributed by atoms with Gasteiger partial charge in [-0.15, -0.1) is 0 Å². The van der Waals surface area contributed by atoms with E-state index in [1.54, 1.807) is 0 Å². The van der Waals surface area contributed by atoms with E-state index in [-0.39, 0.29) is 0 Å². The predicted octanol–water partition coefficient (Wildman–Crippen LogP) is 1.39. The van der Waals surface area contributed by atoms with E-state index in [1.165, 1.54) is 45.3 Å². The fraction of sp³-hybridized carbons (Fsp3) is 1.00. The van der Waals surface area contributed by atoms with Gasteiger partial charge in [0.15, 0.2) is 0 Å². The third kappa shape index (κ3) is 2.51. The molecule has 100 valence electrons. The fourth-order valence-corrected chi connectivity index (χ4v) is 4.00. The summed E-state index contributed by atoms with van der Waals surface area (Å²) in [5.41, 5.74) is 6.40. The lowest BCUT2D eigenvalue weighted by molar-refractivity contribution is 0.0761. The lowest BCUT2D eigenvalue weighted by Crippen LogP contribution is -2.55. The van der Waals surface area contributed by atoms with E-state index in [9.17, 15) is 0 Å². The fourth-order valence-electron chi connectivity index (χ4n) is 4.00. The van der Waals surface area contributed by atoms with E-state index in [1.807, 2.05) is 0 Å². The standard InChI is InChI=1S/C14H29N3/c1-12-5-4-7-14(12,11-15)17(3)10-13-6-8-16(2)9-13/h12-13H,4-11,15H2,1-3H3. The van der Waals surface area contributed by atoms with E-state index >= 15 is 0 Å². The van der Waals surface area contributed by atoms with Crippen LogP contribution in [0, 0.1) is 11.8 Å². The van der Waals surface area contributed by atoms with Gasteiger partial charge in [-0.25, -0.2) is 0 Å². The number of rotatable bonds is 4. The van der Waals surface area contributed by atoms with Gasteiger partial charge in [0.05, 0.1) is 0 Å². The van der Waals surface area contributed by atoms with Crippen molar-refractivity contribution in [1.82, 2.24) is 9.80 Å². The summed E-state index contributed by atoms with van der Waals surface area (Å²) in [6.45, 7) is 6.97. The molecular formula is C14H29N3. The molecule has 2 aliphatic rings. The third-order valence-electron chi connectivity index (χ3n) is 5.30. The van der Waals surface area contributed by atoms with Gasteiger partial charge in [0.2, 0.25) is 0 Å². The quantitative estimate of drug-likeness (QED) is 0.804. The predicted molar refractivity (Wildman–Crippen MR) is 73.0 cm³/mol. The maximum atomic E-state index is 6.11. The highest BCUT2D eigenvalue weighted by atomic mass is 15.2. The Balaban J connectivity index is 1.95. The van der Waals surface area contributed by atoms with Crippen molar-refractivity contribution in [3.8, 4) is 0 Å². The first-order chi connectivity index (χ1) is 8.08. The van der Waals surface area contributed by atoms with Crippen molar-refractivity contribution in [2.24, 2.45) is 17.6 Å².